The minimum atomic E-state index is -0.0181. The van der Waals surface area contributed by atoms with Crippen molar-refractivity contribution in [3.63, 3.8) is 0 Å². The molecule has 1 amide bonds. The third-order valence-electron chi connectivity index (χ3n) is 6.08. The standard InChI is InChI=1S/C24H25N7O2/c1-31-13-14(10-28-31)6-16-7-18(16)24(33)30-22-9-17-8-21(29-23(25)20(17)12-27-22)19-11-26-4-2-15(19)3-5-32/h2,4,8-13,16,18,32H,3,5-7H2,1H3,(H2,25,29)(H,27,30,33)/t16-,18-/m0/s1. The molecule has 168 valence electrons. The van der Waals surface area contributed by atoms with Gasteiger partial charge in [-0.05, 0) is 59.9 Å². The number of nitrogen functional groups attached to an aromatic ring is 1. The number of amides is 1. The molecule has 4 heterocycles. The van der Waals surface area contributed by atoms with Gasteiger partial charge in [-0.2, -0.15) is 5.10 Å². The predicted molar refractivity (Wildman–Crippen MR) is 125 cm³/mol. The normalized spacial score (nSPS) is 17.3. The van der Waals surface area contributed by atoms with Crippen molar-refractivity contribution >= 4 is 28.3 Å². The first-order valence-corrected chi connectivity index (χ1v) is 10.9. The van der Waals surface area contributed by atoms with Crippen LogP contribution in [0.1, 0.15) is 17.5 Å². The topological polar surface area (TPSA) is 132 Å². The molecule has 4 aromatic rings. The van der Waals surface area contributed by atoms with Gasteiger partial charge < -0.3 is 16.2 Å². The highest BCUT2D eigenvalue weighted by atomic mass is 16.3. The van der Waals surface area contributed by atoms with Crippen molar-refractivity contribution in [2.75, 3.05) is 17.7 Å². The molecule has 0 spiro atoms. The van der Waals surface area contributed by atoms with Crippen molar-refractivity contribution in [1.29, 1.82) is 0 Å². The number of aromatic nitrogens is 5. The highest BCUT2D eigenvalue weighted by Gasteiger charge is 2.43. The summed E-state index contributed by atoms with van der Waals surface area (Å²) in [6, 6.07) is 5.59. The number of nitrogens with zero attached hydrogens (tertiary/aromatic N) is 5. The fraction of sp³-hybridized carbons (Fsp3) is 0.292. The van der Waals surface area contributed by atoms with Crippen molar-refractivity contribution in [3.8, 4) is 11.3 Å². The molecule has 1 saturated carbocycles. The Bertz CT molecular complexity index is 1330. The number of aryl methyl sites for hydroxylation is 1. The molecule has 0 radical (unpaired) electrons. The first-order valence-electron chi connectivity index (χ1n) is 10.9. The Balaban J connectivity index is 1.35. The molecule has 1 aliphatic rings. The fourth-order valence-corrected chi connectivity index (χ4v) is 4.27. The Hall–Kier alpha value is -3.85. The number of aliphatic hydroxyl groups is 1. The van der Waals surface area contributed by atoms with Gasteiger partial charge in [0.1, 0.15) is 11.6 Å². The second-order valence-electron chi connectivity index (χ2n) is 8.51. The summed E-state index contributed by atoms with van der Waals surface area (Å²) in [5.41, 5.74) is 9.78. The number of rotatable bonds is 7. The summed E-state index contributed by atoms with van der Waals surface area (Å²) in [5, 5.41) is 18.0. The third kappa shape index (κ3) is 4.40. The van der Waals surface area contributed by atoms with Gasteiger partial charge >= 0.3 is 0 Å². The fourth-order valence-electron chi connectivity index (χ4n) is 4.27. The van der Waals surface area contributed by atoms with Crippen LogP contribution in [0.25, 0.3) is 22.0 Å². The molecule has 9 nitrogen and oxygen atoms in total. The van der Waals surface area contributed by atoms with E-state index in [9.17, 15) is 9.90 Å². The van der Waals surface area contributed by atoms with Gasteiger partial charge in [0.25, 0.3) is 0 Å². The van der Waals surface area contributed by atoms with Gasteiger partial charge in [-0.25, -0.2) is 9.97 Å². The Kier molecular flexibility index (Phi) is 5.47. The second kappa shape index (κ2) is 8.59. The molecule has 0 unspecified atom stereocenters. The number of hydrogen-bond donors (Lipinski definition) is 3. The number of anilines is 2. The maximum atomic E-state index is 12.7. The largest absolute Gasteiger partial charge is 0.396 e. The van der Waals surface area contributed by atoms with Gasteiger partial charge in [0.05, 0.1) is 11.9 Å². The number of nitrogens with two attached hydrogens (primary N) is 1. The quantitative estimate of drug-likeness (QED) is 0.399. The van der Waals surface area contributed by atoms with Gasteiger partial charge in [0.2, 0.25) is 5.91 Å². The van der Waals surface area contributed by atoms with Crippen LogP contribution in [0.2, 0.25) is 0 Å². The maximum Gasteiger partial charge on any atom is 0.228 e. The van der Waals surface area contributed by atoms with E-state index in [2.05, 4.69) is 25.4 Å². The average molecular weight is 444 g/mol. The van der Waals surface area contributed by atoms with Crippen LogP contribution < -0.4 is 11.1 Å². The van der Waals surface area contributed by atoms with Crippen molar-refractivity contribution < 1.29 is 9.90 Å². The lowest BCUT2D eigenvalue weighted by atomic mass is 10.0. The van der Waals surface area contributed by atoms with Crippen LogP contribution in [0.15, 0.2) is 49.2 Å². The minimum absolute atomic E-state index is 0.0165. The van der Waals surface area contributed by atoms with E-state index in [0.717, 1.165) is 34.9 Å². The van der Waals surface area contributed by atoms with Gasteiger partial charge in [-0.15, -0.1) is 0 Å². The number of hydrogen-bond acceptors (Lipinski definition) is 7. The van der Waals surface area contributed by atoms with Crippen LogP contribution >= 0.6 is 0 Å². The lowest BCUT2D eigenvalue weighted by Gasteiger charge is -2.11. The lowest BCUT2D eigenvalue weighted by Crippen LogP contribution is -2.16. The summed E-state index contributed by atoms with van der Waals surface area (Å²) in [5.74, 6) is 1.13. The number of nitrogens with one attached hydrogen (secondary N) is 1. The number of fused-ring (bicyclic) bond motifs is 1. The molecule has 0 saturated heterocycles. The van der Waals surface area contributed by atoms with E-state index in [4.69, 9.17) is 5.73 Å². The van der Waals surface area contributed by atoms with E-state index in [-0.39, 0.29) is 18.4 Å². The summed E-state index contributed by atoms with van der Waals surface area (Å²) in [7, 11) is 1.89. The van der Waals surface area contributed by atoms with E-state index >= 15 is 0 Å². The van der Waals surface area contributed by atoms with Crippen LogP contribution in [-0.2, 0) is 24.7 Å². The van der Waals surface area contributed by atoms with E-state index in [1.807, 2.05) is 37.6 Å². The smallest absolute Gasteiger partial charge is 0.228 e. The monoisotopic (exact) mass is 443 g/mol. The molecule has 33 heavy (non-hydrogen) atoms. The maximum absolute atomic E-state index is 12.7. The molecule has 2 atom stereocenters. The minimum Gasteiger partial charge on any atom is -0.396 e. The molecule has 0 aromatic carbocycles. The van der Waals surface area contributed by atoms with E-state index in [1.165, 1.54) is 0 Å². The summed E-state index contributed by atoms with van der Waals surface area (Å²) >= 11 is 0. The lowest BCUT2D eigenvalue weighted by molar-refractivity contribution is -0.117. The Morgan fingerprint density at radius 3 is 2.97 bits per heavy atom. The molecule has 4 N–H and O–H groups in total. The summed E-state index contributed by atoms with van der Waals surface area (Å²) in [6.07, 6.45) is 11.1. The zero-order valence-electron chi connectivity index (χ0n) is 18.3. The van der Waals surface area contributed by atoms with Crippen LogP contribution in [0.3, 0.4) is 0 Å². The predicted octanol–water partition coefficient (Wildman–Crippen LogP) is 2.36. The van der Waals surface area contributed by atoms with Crippen molar-refractivity contribution in [2.45, 2.75) is 19.3 Å². The highest BCUT2D eigenvalue weighted by molar-refractivity contribution is 5.98. The molecule has 0 bridgehead atoms. The van der Waals surface area contributed by atoms with Crippen LogP contribution in [0, 0.1) is 11.8 Å². The van der Waals surface area contributed by atoms with E-state index in [0.29, 0.717) is 35.1 Å². The zero-order valence-corrected chi connectivity index (χ0v) is 18.3. The first-order chi connectivity index (χ1) is 16.0. The van der Waals surface area contributed by atoms with E-state index in [1.54, 1.807) is 23.3 Å². The third-order valence-corrected chi connectivity index (χ3v) is 6.08. The molecule has 1 aliphatic carbocycles. The molecular formula is C24H25N7O2. The highest BCUT2D eigenvalue weighted by Crippen LogP contribution is 2.42. The van der Waals surface area contributed by atoms with Crippen LogP contribution in [0.5, 0.6) is 0 Å². The molecular weight excluding hydrogens is 418 g/mol. The van der Waals surface area contributed by atoms with Gasteiger partial charge in [0.15, 0.2) is 0 Å². The van der Waals surface area contributed by atoms with Gasteiger partial charge in [0, 0.05) is 55.3 Å². The molecule has 4 aromatic heterocycles. The second-order valence-corrected chi connectivity index (χ2v) is 8.51. The summed E-state index contributed by atoms with van der Waals surface area (Å²) < 4.78 is 1.78. The Labute approximate surface area is 190 Å². The SMILES string of the molecule is Cn1cc(C[C@H]2C[C@@H]2C(=O)Nc2cc3cc(-c4cnccc4CCO)nc(N)c3cn2)cn1. The van der Waals surface area contributed by atoms with Gasteiger partial charge in [-0.1, -0.05) is 0 Å². The molecule has 5 rings (SSSR count). The molecule has 0 aliphatic heterocycles. The number of carbonyl (C=O) groups excluding carboxylic acids is 1. The Morgan fingerprint density at radius 2 is 2.18 bits per heavy atom. The van der Waals surface area contributed by atoms with Crippen LogP contribution in [-0.4, -0.2) is 42.4 Å². The van der Waals surface area contributed by atoms with Gasteiger partial charge in [-0.3, -0.25) is 14.5 Å². The first kappa shape index (κ1) is 21.0. The average Bonchev–Trinajstić information content (AvgIpc) is 3.45. The Morgan fingerprint density at radius 1 is 1.30 bits per heavy atom. The summed E-state index contributed by atoms with van der Waals surface area (Å²) in [4.78, 5) is 25.8. The number of carbonyl (C=O) groups is 1. The molecule has 9 heteroatoms. The number of pyridine rings is 3. The molecule has 1 fully saturated rings. The van der Waals surface area contributed by atoms with Crippen molar-refractivity contribution in [2.24, 2.45) is 18.9 Å². The van der Waals surface area contributed by atoms with E-state index < -0.39 is 0 Å². The number of aliphatic hydroxyl groups excluding tert-OH is 1. The van der Waals surface area contributed by atoms with Crippen molar-refractivity contribution in [1.82, 2.24) is 24.7 Å². The van der Waals surface area contributed by atoms with Crippen LogP contribution in [0.4, 0.5) is 11.6 Å². The zero-order chi connectivity index (χ0) is 22.9. The van der Waals surface area contributed by atoms with Crippen molar-refractivity contribution in [3.05, 3.63) is 60.3 Å². The summed E-state index contributed by atoms with van der Waals surface area (Å²) in [6.45, 7) is 0.0309.